The van der Waals surface area contributed by atoms with E-state index in [9.17, 15) is 28.1 Å². The topological polar surface area (TPSA) is 74.4 Å². The summed E-state index contributed by atoms with van der Waals surface area (Å²) < 4.78 is 49.5. The minimum atomic E-state index is -4.99. The number of aryl methyl sites for hydroxylation is 1. The van der Waals surface area contributed by atoms with Gasteiger partial charge in [-0.25, -0.2) is 0 Å². The number of fused-ring (bicyclic) bond motifs is 1. The second-order valence-electron chi connectivity index (χ2n) is 7.81. The van der Waals surface area contributed by atoms with Gasteiger partial charge in [0.1, 0.15) is 11.3 Å². The summed E-state index contributed by atoms with van der Waals surface area (Å²) in [7, 11) is 1.50. The van der Waals surface area contributed by atoms with E-state index in [0.717, 1.165) is 11.6 Å². The first-order valence-electron chi connectivity index (χ1n) is 10.2. The Bertz CT molecular complexity index is 1440. The van der Waals surface area contributed by atoms with Gasteiger partial charge in [-0.2, -0.15) is 13.2 Å². The predicted octanol–water partition coefficient (Wildman–Crippen LogP) is 5.96. The molecular formula is C25H19F3N2O4. The van der Waals surface area contributed by atoms with Crippen molar-refractivity contribution in [1.29, 1.82) is 0 Å². The summed E-state index contributed by atoms with van der Waals surface area (Å²) in [5, 5.41) is 10.9. The Hall–Kier alpha value is -4.14. The van der Waals surface area contributed by atoms with Crippen molar-refractivity contribution in [2.45, 2.75) is 19.6 Å². The van der Waals surface area contributed by atoms with Crippen LogP contribution < -0.4 is 10.2 Å². The summed E-state index contributed by atoms with van der Waals surface area (Å²) in [5.74, 6) is 0.582. The molecule has 9 heteroatoms. The van der Waals surface area contributed by atoms with Crippen molar-refractivity contribution in [2.24, 2.45) is 0 Å². The van der Waals surface area contributed by atoms with Gasteiger partial charge in [0.15, 0.2) is 0 Å². The number of rotatable bonds is 5. The largest absolute Gasteiger partial charge is 0.497 e. The SMILES string of the molecule is COc1ccc(Cn2c(-c3ccc(C)cc3)c(C(F)(F)F)c(=O)c3cc([N+](=O)[O-])ccc32)cc1. The number of nitro groups is 1. The smallest absolute Gasteiger partial charge is 0.422 e. The first-order chi connectivity index (χ1) is 16.1. The maximum Gasteiger partial charge on any atom is 0.422 e. The van der Waals surface area contributed by atoms with Crippen LogP contribution in [-0.4, -0.2) is 16.6 Å². The molecule has 0 amide bonds. The Morgan fingerprint density at radius 3 is 2.21 bits per heavy atom. The fourth-order valence-electron chi connectivity index (χ4n) is 3.90. The number of benzene rings is 3. The zero-order chi connectivity index (χ0) is 24.6. The molecule has 0 atom stereocenters. The molecule has 0 fully saturated rings. The molecule has 0 saturated carbocycles. The molecule has 0 radical (unpaired) electrons. The Balaban J connectivity index is 2.12. The Labute approximate surface area is 192 Å². The zero-order valence-corrected chi connectivity index (χ0v) is 18.2. The van der Waals surface area contributed by atoms with Crippen LogP contribution in [0.1, 0.15) is 16.7 Å². The normalized spacial score (nSPS) is 11.6. The average molecular weight is 468 g/mol. The summed E-state index contributed by atoms with van der Waals surface area (Å²) in [4.78, 5) is 23.6. The molecule has 0 aliphatic rings. The van der Waals surface area contributed by atoms with Gasteiger partial charge < -0.3 is 9.30 Å². The van der Waals surface area contributed by atoms with Crippen LogP contribution in [-0.2, 0) is 12.7 Å². The van der Waals surface area contributed by atoms with Crippen LogP contribution in [0.25, 0.3) is 22.2 Å². The molecule has 0 unspecified atom stereocenters. The van der Waals surface area contributed by atoms with Crippen LogP contribution in [0, 0.1) is 17.0 Å². The third-order valence-corrected chi connectivity index (χ3v) is 5.57. The summed E-state index contributed by atoms with van der Waals surface area (Å²) in [6, 6.07) is 16.6. The standard InChI is InChI=1S/C25H19F3N2O4/c1-15-3-7-17(8-4-15)23-22(25(26,27)28)24(31)20-13-18(30(32)33)9-12-21(20)29(23)14-16-5-10-19(34-2)11-6-16/h3-13H,14H2,1-2H3. The van der Waals surface area contributed by atoms with Gasteiger partial charge in [-0.15, -0.1) is 0 Å². The number of hydrogen-bond acceptors (Lipinski definition) is 4. The van der Waals surface area contributed by atoms with Gasteiger partial charge in [0.25, 0.3) is 5.69 Å². The zero-order valence-electron chi connectivity index (χ0n) is 18.2. The molecule has 1 aromatic heterocycles. The number of pyridine rings is 1. The summed E-state index contributed by atoms with van der Waals surface area (Å²) >= 11 is 0. The van der Waals surface area contributed by atoms with E-state index < -0.39 is 27.8 Å². The van der Waals surface area contributed by atoms with Crippen LogP contribution >= 0.6 is 0 Å². The second-order valence-corrected chi connectivity index (χ2v) is 7.81. The van der Waals surface area contributed by atoms with Gasteiger partial charge in [0, 0.05) is 18.7 Å². The lowest BCUT2D eigenvalue weighted by molar-refractivity contribution is -0.384. The van der Waals surface area contributed by atoms with Gasteiger partial charge in [0.05, 0.1) is 28.6 Å². The highest BCUT2D eigenvalue weighted by molar-refractivity contribution is 5.86. The first kappa shape index (κ1) is 23.0. The fraction of sp³-hybridized carbons (Fsp3) is 0.160. The lowest BCUT2D eigenvalue weighted by Gasteiger charge is -2.22. The number of nitro benzene ring substituents is 1. The van der Waals surface area contributed by atoms with Crippen LogP contribution in [0.3, 0.4) is 0 Å². The van der Waals surface area contributed by atoms with Gasteiger partial charge in [0.2, 0.25) is 5.43 Å². The predicted molar refractivity (Wildman–Crippen MR) is 122 cm³/mol. The van der Waals surface area contributed by atoms with Gasteiger partial charge in [-0.1, -0.05) is 42.0 Å². The van der Waals surface area contributed by atoms with Crippen molar-refractivity contribution >= 4 is 16.6 Å². The van der Waals surface area contributed by atoms with Crippen LogP contribution in [0.5, 0.6) is 5.75 Å². The minimum Gasteiger partial charge on any atom is -0.497 e. The number of nitrogens with zero attached hydrogens (tertiary/aromatic N) is 2. The molecule has 0 saturated heterocycles. The first-order valence-corrected chi connectivity index (χ1v) is 10.2. The summed E-state index contributed by atoms with van der Waals surface area (Å²) in [6.45, 7) is 1.79. The van der Waals surface area contributed by atoms with Crippen LogP contribution in [0.4, 0.5) is 18.9 Å². The summed E-state index contributed by atoms with van der Waals surface area (Å²) in [5.41, 5.74) is -1.54. The Morgan fingerprint density at radius 2 is 1.65 bits per heavy atom. The van der Waals surface area contributed by atoms with Crippen molar-refractivity contribution in [2.75, 3.05) is 7.11 Å². The van der Waals surface area contributed by atoms with E-state index in [2.05, 4.69) is 0 Å². The number of hydrogen-bond donors (Lipinski definition) is 0. The van der Waals surface area contributed by atoms with Crippen molar-refractivity contribution in [3.8, 4) is 17.0 Å². The van der Waals surface area contributed by atoms with Crippen molar-refractivity contribution < 1.29 is 22.8 Å². The van der Waals surface area contributed by atoms with E-state index in [-0.39, 0.29) is 28.7 Å². The minimum absolute atomic E-state index is 0.00905. The molecular weight excluding hydrogens is 449 g/mol. The third-order valence-electron chi connectivity index (χ3n) is 5.57. The third kappa shape index (κ3) is 4.24. The van der Waals surface area contributed by atoms with E-state index in [1.165, 1.54) is 35.9 Å². The monoisotopic (exact) mass is 468 g/mol. The highest BCUT2D eigenvalue weighted by Crippen LogP contribution is 2.38. The van der Waals surface area contributed by atoms with Gasteiger partial charge in [-0.3, -0.25) is 14.9 Å². The van der Waals surface area contributed by atoms with Crippen molar-refractivity contribution in [3.63, 3.8) is 0 Å². The maximum atomic E-state index is 14.3. The van der Waals surface area contributed by atoms with E-state index in [0.29, 0.717) is 11.3 Å². The average Bonchev–Trinajstić information content (AvgIpc) is 2.80. The van der Waals surface area contributed by atoms with Gasteiger partial charge >= 0.3 is 6.18 Å². The lowest BCUT2D eigenvalue weighted by atomic mass is 9.99. The number of aromatic nitrogens is 1. The molecule has 3 aromatic carbocycles. The van der Waals surface area contributed by atoms with Gasteiger partial charge in [-0.05, 0) is 36.2 Å². The summed E-state index contributed by atoms with van der Waals surface area (Å²) in [6.07, 6.45) is -4.99. The van der Waals surface area contributed by atoms with E-state index in [1.54, 1.807) is 43.3 Å². The molecule has 4 rings (SSSR count). The molecule has 1 heterocycles. The maximum absolute atomic E-state index is 14.3. The fourth-order valence-corrected chi connectivity index (χ4v) is 3.90. The molecule has 0 N–H and O–H groups in total. The van der Waals surface area contributed by atoms with E-state index >= 15 is 0 Å². The Morgan fingerprint density at radius 1 is 1.00 bits per heavy atom. The molecule has 174 valence electrons. The second kappa shape index (κ2) is 8.66. The Kier molecular flexibility index (Phi) is 5.87. The highest BCUT2D eigenvalue weighted by Gasteiger charge is 2.39. The molecule has 0 bridgehead atoms. The number of halogens is 3. The quantitative estimate of drug-likeness (QED) is 0.268. The molecule has 34 heavy (non-hydrogen) atoms. The molecule has 6 nitrogen and oxygen atoms in total. The van der Waals surface area contributed by atoms with E-state index in [4.69, 9.17) is 4.74 Å². The number of alkyl halides is 3. The van der Waals surface area contributed by atoms with Crippen molar-refractivity contribution in [3.05, 3.63) is 104 Å². The molecule has 0 aliphatic heterocycles. The lowest BCUT2D eigenvalue weighted by Crippen LogP contribution is -2.25. The van der Waals surface area contributed by atoms with Crippen LogP contribution in [0.15, 0.2) is 71.5 Å². The van der Waals surface area contributed by atoms with E-state index in [1.807, 2.05) is 0 Å². The molecule has 4 aromatic rings. The van der Waals surface area contributed by atoms with Crippen LogP contribution in [0.2, 0.25) is 0 Å². The highest BCUT2D eigenvalue weighted by atomic mass is 19.4. The molecule has 0 spiro atoms. The number of ether oxygens (including phenoxy) is 1. The number of non-ortho nitro benzene ring substituents is 1. The number of methoxy groups -OCH3 is 1. The molecule has 0 aliphatic carbocycles. The van der Waals surface area contributed by atoms with Crippen molar-refractivity contribution in [1.82, 2.24) is 4.57 Å².